The summed E-state index contributed by atoms with van der Waals surface area (Å²) in [7, 11) is 1.85. The van der Waals surface area contributed by atoms with E-state index in [4.69, 9.17) is 11.6 Å². The van der Waals surface area contributed by atoms with E-state index in [9.17, 15) is 4.79 Å². The quantitative estimate of drug-likeness (QED) is 0.428. The molecule has 1 aliphatic carbocycles. The molecule has 1 spiro atoms. The Balaban J connectivity index is 1.57. The molecule has 1 aliphatic heterocycles. The molecule has 1 amide bonds. The first-order valence-electron chi connectivity index (χ1n) is 9.35. The van der Waals surface area contributed by atoms with E-state index in [1.807, 2.05) is 37.5 Å². The van der Waals surface area contributed by atoms with Crippen LogP contribution in [0.15, 0.2) is 54.7 Å². The second kappa shape index (κ2) is 5.30. The van der Waals surface area contributed by atoms with Gasteiger partial charge in [0.1, 0.15) is 5.15 Å². The van der Waals surface area contributed by atoms with Crippen molar-refractivity contribution in [3.63, 3.8) is 0 Å². The monoisotopic (exact) mass is 385 g/mol. The molecule has 4 aromatic rings. The molecule has 1 fully saturated rings. The van der Waals surface area contributed by atoms with E-state index in [0.717, 1.165) is 57.0 Å². The molecule has 0 N–H and O–H groups in total. The molecule has 0 saturated heterocycles. The van der Waals surface area contributed by atoms with Crippen LogP contribution in [0.25, 0.3) is 32.9 Å². The molecule has 4 nitrogen and oxygen atoms in total. The Morgan fingerprint density at radius 1 is 1.00 bits per heavy atom. The number of hydrogen-bond acceptors (Lipinski definition) is 3. The third kappa shape index (κ3) is 2.04. The lowest BCUT2D eigenvalue weighted by Crippen LogP contribution is -2.28. The Labute approximate surface area is 166 Å². The van der Waals surface area contributed by atoms with Gasteiger partial charge in [0.15, 0.2) is 0 Å². The van der Waals surface area contributed by atoms with Gasteiger partial charge >= 0.3 is 0 Å². The number of amides is 1. The number of halogens is 1. The topological polar surface area (TPSA) is 46.1 Å². The fourth-order valence-electron chi connectivity index (χ4n) is 4.53. The van der Waals surface area contributed by atoms with Crippen molar-refractivity contribution in [3.8, 4) is 11.1 Å². The fraction of sp³-hybridized carbons (Fsp3) is 0.174. The Morgan fingerprint density at radius 2 is 1.75 bits per heavy atom. The Hall–Kier alpha value is -2.98. The number of carbonyl (C=O) groups is 1. The molecule has 1 saturated carbocycles. The first kappa shape index (κ1) is 16.0. The van der Waals surface area contributed by atoms with E-state index in [1.54, 1.807) is 4.90 Å². The molecular weight excluding hydrogens is 370 g/mol. The van der Waals surface area contributed by atoms with Gasteiger partial charge in [0.05, 0.1) is 28.3 Å². The molecule has 2 aromatic carbocycles. The second-order valence-electron chi connectivity index (χ2n) is 7.74. The maximum absolute atomic E-state index is 12.8. The summed E-state index contributed by atoms with van der Waals surface area (Å²) in [6.45, 7) is 0. The summed E-state index contributed by atoms with van der Waals surface area (Å²) in [6, 6.07) is 16.3. The summed E-state index contributed by atoms with van der Waals surface area (Å²) in [5.74, 6) is 0.205. The predicted octanol–water partition coefficient (Wildman–Crippen LogP) is 5.11. The van der Waals surface area contributed by atoms with Gasteiger partial charge in [-0.1, -0.05) is 23.7 Å². The number of benzene rings is 2. The second-order valence-corrected chi connectivity index (χ2v) is 8.13. The normalized spacial score (nSPS) is 16.9. The van der Waals surface area contributed by atoms with Crippen molar-refractivity contribution < 1.29 is 4.79 Å². The molecule has 5 heteroatoms. The number of carbonyl (C=O) groups excluding carboxylic acids is 1. The SMILES string of the molecule is CN1C(=O)C2(CC2)c2c1cnc1ccc(-c3ccc4nc(Cl)ccc4c3)cc21. The van der Waals surface area contributed by atoms with Gasteiger partial charge in [-0.05, 0) is 60.4 Å². The molecule has 3 heterocycles. The smallest absolute Gasteiger partial charge is 0.237 e. The number of pyridine rings is 2. The number of likely N-dealkylation sites (N-methyl/N-ethyl adjacent to an activating group) is 1. The van der Waals surface area contributed by atoms with Gasteiger partial charge in [-0.3, -0.25) is 9.78 Å². The van der Waals surface area contributed by atoms with Crippen LogP contribution in [0.4, 0.5) is 5.69 Å². The van der Waals surface area contributed by atoms with Gasteiger partial charge in [0, 0.05) is 23.4 Å². The summed E-state index contributed by atoms with van der Waals surface area (Å²) >= 11 is 6.00. The van der Waals surface area contributed by atoms with Gasteiger partial charge < -0.3 is 4.90 Å². The van der Waals surface area contributed by atoms with E-state index in [-0.39, 0.29) is 11.3 Å². The zero-order chi connectivity index (χ0) is 19.0. The Kier molecular flexibility index (Phi) is 3.03. The number of anilines is 1. The molecule has 2 aliphatic rings. The zero-order valence-corrected chi connectivity index (χ0v) is 16.0. The van der Waals surface area contributed by atoms with Crippen molar-refractivity contribution in [1.29, 1.82) is 0 Å². The lowest BCUT2D eigenvalue weighted by atomic mass is 9.92. The Bertz CT molecular complexity index is 1330. The molecule has 0 unspecified atom stereocenters. The molecular formula is C23H16ClN3O. The standard InChI is InChI=1S/C23H16ClN3O/c1-27-19-12-25-18-6-3-14(11-16(18)21(19)23(8-9-23)22(27)28)13-2-5-17-15(10-13)4-7-20(24)26-17/h2-7,10-12H,8-9H2,1H3. The summed E-state index contributed by atoms with van der Waals surface area (Å²) in [6.07, 6.45) is 3.69. The number of fused-ring (bicyclic) bond motifs is 5. The number of hydrogen-bond donors (Lipinski definition) is 0. The maximum Gasteiger partial charge on any atom is 0.237 e. The van der Waals surface area contributed by atoms with Crippen molar-refractivity contribution in [1.82, 2.24) is 9.97 Å². The van der Waals surface area contributed by atoms with Crippen LogP contribution in [0.5, 0.6) is 0 Å². The van der Waals surface area contributed by atoms with Crippen LogP contribution in [-0.4, -0.2) is 22.9 Å². The lowest BCUT2D eigenvalue weighted by molar-refractivity contribution is -0.119. The average Bonchev–Trinajstić information content (AvgIpc) is 3.49. The summed E-state index contributed by atoms with van der Waals surface area (Å²) in [4.78, 5) is 23.5. The minimum absolute atomic E-state index is 0.205. The van der Waals surface area contributed by atoms with Crippen molar-refractivity contribution in [2.45, 2.75) is 18.3 Å². The third-order valence-electron chi connectivity index (χ3n) is 6.14. The first-order chi connectivity index (χ1) is 13.6. The van der Waals surface area contributed by atoms with Crippen LogP contribution < -0.4 is 4.90 Å². The summed E-state index contributed by atoms with van der Waals surface area (Å²) in [5.41, 5.74) is 5.81. The minimum Gasteiger partial charge on any atom is -0.313 e. The average molecular weight is 386 g/mol. The van der Waals surface area contributed by atoms with Crippen LogP contribution in [-0.2, 0) is 10.2 Å². The van der Waals surface area contributed by atoms with E-state index in [1.165, 1.54) is 0 Å². The van der Waals surface area contributed by atoms with E-state index >= 15 is 0 Å². The van der Waals surface area contributed by atoms with Crippen LogP contribution in [0.2, 0.25) is 5.15 Å². The number of nitrogens with zero attached hydrogens (tertiary/aromatic N) is 3. The molecule has 28 heavy (non-hydrogen) atoms. The zero-order valence-electron chi connectivity index (χ0n) is 15.2. The maximum atomic E-state index is 12.8. The van der Waals surface area contributed by atoms with Crippen LogP contribution in [0, 0.1) is 0 Å². The van der Waals surface area contributed by atoms with Gasteiger partial charge in [-0.15, -0.1) is 0 Å². The van der Waals surface area contributed by atoms with E-state index in [0.29, 0.717) is 5.15 Å². The highest BCUT2D eigenvalue weighted by atomic mass is 35.5. The van der Waals surface area contributed by atoms with Crippen molar-refractivity contribution in [2.24, 2.45) is 0 Å². The molecule has 6 rings (SSSR count). The molecule has 136 valence electrons. The largest absolute Gasteiger partial charge is 0.313 e. The van der Waals surface area contributed by atoms with E-state index < -0.39 is 0 Å². The van der Waals surface area contributed by atoms with Crippen LogP contribution in [0.1, 0.15) is 18.4 Å². The summed E-state index contributed by atoms with van der Waals surface area (Å²) in [5, 5.41) is 2.63. The molecule has 0 atom stereocenters. The number of rotatable bonds is 1. The van der Waals surface area contributed by atoms with Gasteiger partial charge in [0.2, 0.25) is 5.91 Å². The fourth-order valence-corrected chi connectivity index (χ4v) is 4.68. The molecule has 0 bridgehead atoms. The predicted molar refractivity (Wildman–Crippen MR) is 112 cm³/mol. The van der Waals surface area contributed by atoms with Crippen molar-refractivity contribution in [2.75, 3.05) is 11.9 Å². The first-order valence-corrected chi connectivity index (χ1v) is 9.73. The molecule has 2 aromatic heterocycles. The highest BCUT2D eigenvalue weighted by Gasteiger charge is 2.59. The number of aromatic nitrogens is 2. The highest BCUT2D eigenvalue weighted by molar-refractivity contribution is 6.29. The van der Waals surface area contributed by atoms with Crippen molar-refractivity contribution >= 4 is 45.0 Å². The lowest BCUT2D eigenvalue weighted by Gasteiger charge is -2.11. The van der Waals surface area contributed by atoms with Gasteiger partial charge in [0.25, 0.3) is 0 Å². The van der Waals surface area contributed by atoms with E-state index in [2.05, 4.69) is 34.2 Å². The Morgan fingerprint density at radius 3 is 2.54 bits per heavy atom. The third-order valence-corrected chi connectivity index (χ3v) is 6.35. The van der Waals surface area contributed by atoms with Crippen LogP contribution >= 0.6 is 11.6 Å². The highest BCUT2D eigenvalue weighted by Crippen LogP contribution is 2.58. The molecule has 0 radical (unpaired) electrons. The van der Waals surface area contributed by atoms with Gasteiger partial charge in [-0.2, -0.15) is 0 Å². The minimum atomic E-state index is -0.325. The van der Waals surface area contributed by atoms with Crippen LogP contribution in [0.3, 0.4) is 0 Å². The van der Waals surface area contributed by atoms with Gasteiger partial charge in [-0.25, -0.2) is 4.98 Å². The van der Waals surface area contributed by atoms with Crippen molar-refractivity contribution in [3.05, 3.63) is 65.4 Å². The summed E-state index contributed by atoms with van der Waals surface area (Å²) < 4.78 is 0.